The van der Waals surface area contributed by atoms with Crippen molar-refractivity contribution in [1.82, 2.24) is 15.0 Å². The van der Waals surface area contributed by atoms with Gasteiger partial charge in [-0.15, -0.1) is 0 Å². The molecule has 2 aromatic heterocycles. The number of nitrogens with zero attached hydrogens (tertiary/aromatic N) is 3. The summed E-state index contributed by atoms with van der Waals surface area (Å²) in [4.78, 5) is 24.6. The van der Waals surface area contributed by atoms with Crippen molar-refractivity contribution in [3.63, 3.8) is 0 Å². The van der Waals surface area contributed by atoms with Gasteiger partial charge in [-0.1, -0.05) is 23.7 Å². The molecule has 2 heterocycles. The predicted octanol–water partition coefficient (Wildman–Crippen LogP) is 3.11. The molecule has 103 valence electrons. The molecular formula is C15H10ClN4O. The molecule has 0 saturated heterocycles. The number of hydrogen-bond donors (Lipinski definition) is 1. The third kappa shape index (κ3) is 2.83. The third-order valence-corrected chi connectivity index (χ3v) is 3.09. The fourth-order valence-electron chi connectivity index (χ4n) is 1.81. The summed E-state index contributed by atoms with van der Waals surface area (Å²) in [5.41, 5.74) is 2.49. The molecule has 0 bridgehead atoms. The van der Waals surface area contributed by atoms with Crippen LogP contribution in [-0.2, 0) is 0 Å². The maximum Gasteiger partial charge on any atom is 0.277 e. The number of carbonyl (C=O) groups excluding carboxylic acids is 1. The molecule has 21 heavy (non-hydrogen) atoms. The quantitative estimate of drug-likeness (QED) is 0.789. The smallest absolute Gasteiger partial charge is 0.277 e. The summed E-state index contributed by atoms with van der Waals surface area (Å²) in [6, 6.07) is 10.6. The van der Waals surface area contributed by atoms with E-state index in [-0.39, 0.29) is 10.8 Å². The van der Waals surface area contributed by atoms with Crippen molar-refractivity contribution in [2.45, 2.75) is 0 Å². The molecule has 0 aliphatic heterocycles. The molecule has 1 aromatic carbocycles. The van der Waals surface area contributed by atoms with Crippen molar-refractivity contribution in [3.05, 3.63) is 66.1 Å². The molecule has 0 spiro atoms. The zero-order chi connectivity index (χ0) is 14.8. The molecule has 3 aromatic rings. The van der Waals surface area contributed by atoms with Crippen LogP contribution >= 0.6 is 11.6 Å². The van der Waals surface area contributed by atoms with Crippen molar-refractivity contribution < 1.29 is 4.79 Å². The van der Waals surface area contributed by atoms with Crippen LogP contribution in [0.3, 0.4) is 0 Å². The first-order valence-corrected chi connectivity index (χ1v) is 6.53. The van der Waals surface area contributed by atoms with E-state index < -0.39 is 5.91 Å². The van der Waals surface area contributed by atoms with E-state index in [0.29, 0.717) is 22.4 Å². The van der Waals surface area contributed by atoms with Gasteiger partial charge in [0.1, 0.15) is 0 Å². The Morgan fingerprint density at radius 1 is 1.10 bits per heavy atom. The zero-order valence-corrected chi connectivity index (χ0v) is 11.6. The average Bonchev–Trinajstić information content (AvgIpc) is 2.49. The minimum Gasteiger partial charge on any atom is -0.319 e. The Morgan fingerprint density at radius 3 is 2.48 bits per heavy atom. The standard InChI is InChI=1S/C15H10ClN4O/c1-9-6-7-10(8-17-9)18-15(21)13-14(16)20-12-5-3-2-4-11(12)19-13/h2-8H,1H2,(H,18,21). The number of aromatic nitrogens is 3. The van der Waals surface area contributed by atoms with Gasteiger partial charge in [0.25, 0.3) is 5.91 Å². The Balaban J connectivity index is 1.93. The summed E-state index contributed by atoms with van der Waals surface area (Å²) in [6.07, 6.45) is 1.52. The molecule has 1 N–H and O–H groups in total. The van der Waals surface area contributed by atoms with Gasteiger partial charge in [0.15, 0.2) is 10.8 Å². The highest BCUT2D eigenvalue weighted by molar-refractivity contribution is 6.33. The number of anilines is 1. The largest absolute Gasteiger partial charge is 0.319 e. The predicted molar refractivity (Wildman–Crippen MR) is 81.2 cm³/mol. The van der Waals surface area contributed by atoms with Crippen LogP contribution in [0.1, 0.15) is 16.2 Å². The highest BCUT2D eigenvalue weighted by atomic mass is 35.5. The molecule has 1 radical (unpaired) electrons. The van der Waals surface area contributed by atoms with Gasteiger partial charge in [-0.3, -0.25) is 9.78 Å². The lowest BCUT2D eigenvalue weighted by Crippen LogP contribution is -2.15. The normalized spacial score (nSPS) is 10.6. The van der Waals surface area contributed by atoms with E-state index in [1.54, 1.807) is 24.3 Å². The van der Waals surface area contributed by atoms with Crippen molar-refractivity contribution >= 4 is 34.2 Å². The van der Waals surface area contributed by atoms with Crippen LogP contribution in [0.15, 0.2) is 42.6 Å². The van der Waals surface area contributed by atoms with Crippen LogP contribution in [0.25, 0.3) is 11.0 Å². The number of pyridine rings is 1. The second-order valence-electron chi connectivity index (χ2n) is 4.34. The Kier molecular flexibility index (Phi) is 3.50. The van der Waals surface area contributed by atoms with E-state index in [1.165, 1.54) is 6.20 Å². The fourth-order valence-corrected chi connectivity index (χ4v) is 2.03. The molecular weight excluding hydrogens is 288 g/mol. The van der Waals surface area contributed by atoms with Crippen molar-refractivity contribution in [3.8, 4) is 0 Å². The number of rotatable bonds is 2. The molecule has 0 fully saturated rings. The van der Waals surface area contributed by atoms with Crippen LogP contribution in [0.4, 0.5) is 5.69 Å². The molecule has 0 atom stereocenters. The highest BCUT2D eigenvalue weighted by Gasteiger charge is 2.15. The summed E-state index contributed by atoms with van der Waals surface area (Å²) in [6.45, 7) is 3.68. The number of benzene rings is 1. The second-order valence-corrected chi connectivity index (χ2v) is 4.70. The van der Waals surface area contributed by atoms with E-state index in [2.05, 4.69) is 27.2 Å². The van der Waals surface area contributed by atoms with Crippen LogP contribution < -0.4 is 5.32 Å². The maximum atomic E-state index is 12.2. The van der Waals surface area contributed by atoms with Crippen LogP contribution in [-0.4, -0.2) is 20.9 Å². The van der Waals surface area contributed by atoms with E-state index in [1.807, 2.05) is 12.1 Å². The van der Waals surface area contributed by atoms with Gasteiger partial charge >= 0.3 is 0 Å². The lowest BCUT2D eigenvalue weighted by atomic mass is 10.3. The van der Waals surface area contributed by atoms with Crippen LogP contribution in [0.2, 0.25) is 5.15 Å². The van der Waals surface area contributed by atoms with Gasteiger partial charge in [0.2, 0.25) is 0 Å². The molecule has 0 saturated carbocycles. The Labute approximate surface area is 126 Å². The van der Waals surface area contributed by atoms with E-state index in [9.17, 15) is 4.79 Å². The summed E-state index contributed by atoms with van der Waals surface area (Å²) in [5, 5.41) is 2.74. The topological polar surface area (TPSA) is 67.8 Å². The number of amides is 1. The number of nitrogens with one attached hydrogen (secondary N) is 1. The molecule has 5 nitrogen and oxygen atoms in total. The van der Waals surface area contributed by atoms with Gasteiger partial charge in [-0.05, 0) is 31.2 Å². The molecule has 1 amide bonds. The molecule has 0 aliphatic rings. The molecule has 3 rings (SSSR count). The van der Waals surface area contributed by atoms with Gasteiger partial charge in [-0.25, -0.2) is 9.97 Å². The number of para-hydroxylation sites is 2. The van der Waals surface area contributed by atoms with Crippen molar-refractivity contribution in [1.29, 1.82) is 0 Å². The minimum atomic E-state index is -0.433. The SMILES string of the molecule is [CH2]c1ccc(NC(=O)c2nc3ccccc3nc2Cl)cn1. The minimum absolute atomic E-state index is 0.0629. The Hall–Kier alpha value is -2.53. The van der Waals surface area contributed by atoms with Gasteiger partial charge in [0, 0.05) is 5.69 Å². The third-order valence-electron chi connectivity index (χ3n) is 2.83. The first-order chi connectivity index (χ1) is 10.1. The zero-order valence-electron chi connectivity index (χ0n) is 10.9. The summed E-state index contributed by atoms with van der Waals surface area (Å²) in [7, 11) is 0. The number of carbonyl (C=O) groups is 1. The van der Waals surface area contributed by atoms with Crippen molar-refractivity contribution in [2.75, 3.05) is 5.32 Å². The van der Waals surface area contributed by atoms with E-state index in [4.69, 9.17) is 11.6 Å². The van der Waals surface area contributed by atoms with E-state index >= 15 is 0 Å². The van der Waals surface area contributed by atoms with Gasteiger partial charge in [-0.2, -0.15) is 0 Å². The van der Waals surface area contributed by atoms with Gasteiger partial charge < -0.3 is 5.32 Å². The lowest BCUT2D eigenvalue weighted by molar-refractivity contribution is 0.102. The van der Waals surface area contributed by atoms with Crippen molar-refractivity contribution in [2.24, 2.45) is 0 Å². The summed E-state index contributed by atoms with van der Waals surface area (Å²) >= 11 is 6.03. The summed E-state index contributed by atoms with van der Waals surface area (Å²) < 4.78 is 0. The Bertz CT molecular complexity index is 818. The molecule has 6 heteroatoms. The number of halogens is 1. The lowest BCUT2D eigenvalue weighted by Gasteiger charge is -2.06. The first kappa shape index (κ1) is 13.5. The van der Waals surface area contributed by atoms with Crippen LogP contribution in [0.5, 0.6) is 0 Å². The molecule has 0 unspecified atom stereocenters. The van der Waals surface area contributed by atoms with Gasteiger partial charge in [0.05, 0.1) is 22.9 Å². The number of fused-ring (bicyclic) bond motifs is 1. The average molecular weight is 298 g/mol. The Morgan fingerprint density at radius 2 is 1.81 bits per heavy atom. The number of hydrogen-bond acceptors (Lipinski definition) is 4. The second kappa shape index (κ2) is 5.46. The van der Waals surface area contributed by atoms with Crippen LogP contribution in [0, 0.1) is 6.92 Å². The van der Waals surface area contributed by atoms with E-state index in [0.717, 1.165) is 0 Å². The summed E-state index contributed by atoms with van der Waals surface area (Å²) in [5.74, 6) is -0.433. The highest BCUT2D eigenvalue weighted by Crippen LogP contribution is 2.18. The first-order valence-electron chi connectivity index (χ1n) is 6.15. The monoisotopic (exact) mass is 297 g/mol. The maximum absolute atomic E-state index is 12.2. The fraction of sp³-hybridized carbons (Fsp3) is 0. The molecule has 0 aliphatic carbocycles.